The normalized spacial score (nSPS) is 11.6. The Kier molecular flexibility index (Phi) is 7.03. The van der Waals surface area contributed by atoms with Gasteiger partial charge in [0, 0.05) is 12.5 Å². The average molecular weight is 398 g/mol. The monoisotopic (exact) mass is 398 g/mol. The van der Waals surface area contributed by atoms with Crippen molar-refractivity contribution in [3.8, 4) is 11.5 Å². The lowest BCUT2D eigenvalue weighted by Crippen LogP contribution is -2.06. The van der Waals surface area contributed by atoms with Gasteiger partial charge in [-0.05, 0) is 29.3 Å². The van der Waals surface area contributed by atoms with E-state index in [9.17, 15) is 27.5 Å². The topological polar surface area (TPSA) is 55.8 Å². The quantitative estimate of drug-likeness (QED) is 0.305. The van der Waals surface area contributed by atoms with E-state index < -0.39 is 30.1 Å². The van der Waals surface area contributed by atoms with Crippen LogP contribution < -0.4 is 4.74 Å². The zero-order chi connectivity index (χ0) is 20.7. The SMILES string of the molecule is COC(=O)c1c(O)cc(OCCCF)cc1/C=C/c1ccc(C(F)(F)F)cc1. The maximum Gasteiger partial charge on any atom is 0.416 e. The number of hydrogen-bond donors (Lipinski definition) is 1. The number of phenolic OH excluding ortho intramolecular Hbond substituents is 1. The molecule has 28 heavy (non-hydrogen) atoms. The first-order valence-corrected chi connectivity index (χ1v) is 8.25. The van der Waals surface area contributed by atoms with E-state index >= 15 is 0 Å². The Labute approximate surface area is 159 Å². The third-order valence-corrected chi connectivity index (χ3v) is 3.75. The minimum absolute atomic E-state index is 0.0789. The fourth-order valence-electron chi connectivity index (χ4n) is 2.37. The van der Waals surface area contributed by atoms with Gasteiger partial charge in [0.25, 0.3) is 0 Å². The lowest BCUT2D eigenvalue weighted by molar-refractivity contribution is -0.137. The summed E-state index contributed by atoms with van der Waals surface area (Å²) in [7, 11) is 1.15. The smallest absolute Gasteiger partial charge is 0.416 e. The third kappa shape index (κ3) is 5.48. The molecule has 8 heteroatoms. The Morgan fingerprint density at radius 1 is 1.14 bits per heavy atom. The van der Waals surface area contributed by atoms with Gasteiger partial charge >= 0.3 is 12.1 Å². The molecule has 0 aliphatic heterocycles. The zero-order valence-electron chi connectivity index (χ0n) is 14.9. The van der Waals surface area contributed by atoms with Crippen molar-refractivity contribution in [2.24, 2.45) is 0 Å². The van der Waals surface area contributed by atoms with Crippen LogP contribution >= 0.6 is 0 Å². The number of alkyl halides is 4. The molecular formula is C20H18F4O4. The molecule has 2 aromatic carbocycles. The van der Waals surface area contributed by atoms with Crippen molar-refractivity contribution in [2.45, 2.75) is 12.6 Å². The summed E-state index contributed by atoms with van der Waals surface area (Å²) in [5.41, 5.74) is -0.210. The number of esters is 1. The lowest BCUT2D eigenvalue weighted by Gasteiger charge is -2.11. The molecule has 150 valence electrons. The molecule has 0 spiro atoms. The first-order chi connectivity index (χ1) is 13.3. The summed E-state index contributed by atoms with van der Waals surface area (Å²) in [5, 5.41) is 10.1. The number of aromatic hydroxyl groups is 1. The van der Waals surface area contributed by atoms with Crippen molar-refractivity contribution < 1.29 is 36.9 Å². The fourth-order valence-corrected chi connectivity index (χ4v) is 2.37. The van der Waals surface area contributed by atoms with Crippen molar-refractivity contribution in [2.75, 3.05) is 20.4 Å². The molecule has 1 N–H and O–H groups in total. The second-order valence-electron chi connectivity index (χ2n) is 5.74. The minimum Gasteiger partial charge on any atom is -0.507 e. The highest BCUT2D eigenvalue weighted by atomic mass is 19.4. The maximum absolute atomic E-state index is 12.6. The van der Waals surface area contributed by atoms with Crippen LogP contribution in [0.2, 0.25) is 0 Å². The van der Waals surface area contributed by atoms with Gasteiger partial charge in [-0.25, -0.2) is 4.79 Å². The van der Waals surface area contributed by atoms with Crippen LogP contribution in [-0.2, 0) is 10.9 Å². The molecule has 0 aliphatic rings. The largest absolute Gasteiger partial charge is 0.507 e. The van der Waals surface area contributed by atoms with Gasteiger partial charge in [-0.2, -0.15) is 13.2 Å². The predicted molar refractivity (Wildman–Crippen MR) is 95.9 cm³/mol. The summed E-state index contributed by atoms with van der Waals surface area (Å²) in [6.45, 7) is -0.484. The highest BCUT2D eigenvalue weighted by molar-refractivity contribution is 5.98. The molecule has 2 aromatic rings. The number of ether oxygens (including phenoxy) is 2. The average Bonchev–Trinajstić information content (AvgIpc) is 2.65. The van der Waals surface area contributed by atoms with Crippen molar-refractivity contribution in [3.63, 3.8) is 0 Å². The van der Waals surface area contributed by atoms with E-state index in [0.29, 0.717) is 5.56 Å². The Balaban J connectivity index is 2.35. The van der Waals surface area contributed by atoms with E-state index in [4.69, 9.17) is 4.74 Å². The number of phenols is 1. The standard InChI is InChI=1S/C20H18F4O4/c1-27-19(26)18-14(11-16(12-17(18)25)28-10-2-9-21)6-3-13-4-7-15(8-5-13)20(22,23)24/h3-8,11-12,25H,2,9-10H2,1H3/b6-3+. The van der Waals surface area contributed by atoms with Gasteiger partial charge in [0.15, 0.2) is 0 Å². The summed E-state index contributed by atoms with van der Waals surface area (Å²) < 4.78 is 60.1. The highest BCUT2D eigenvalue weighted by Gasteiger charge is 2.29. The summed E-state index contributed by atoms with van der Waals surface area (Å²) in [6.07, 6.45) is -1.35. The van der Waals surface area contributed by atoms with Crippen molar-refractivity contribution in [3.05, 3.63) is 58.7 Å². The summed E-state index contributed by atoms with van der Waals surface area (Å²) in [4.78, 5) is 12.0. The molecule has 0 bridgehead atoms. The van der Waals surface area contributed by atoms with Gasteiger partial charge in [-0.15, -0.1) is 0 Å². The molecule has 0 atom stereocenters. The first-order valence-electron chi connectivity index (χ1n) is 8.25. The fraction of sp³-hybridized carbons (Fsp3) is 0.250. The van der Waals surface area contributed by atoms with Crippen LogP contribution in [0.1, 0.15) is 33.5 Å². The number of benzene rings is 2. The number of methoxy groups -OCH3 is 1. The van der Waals surface area contributed by atoms with E-state index in [2.05, 4.69) is 4.74 Å². The Hall–Kier alpha value is -3.03. The van der Waals surface area contributed by atoms with Gasteiger partial charge in [0.2, 0.25) is 0 Å². The second-order valence-corrected chi connectivity index (χ2v) is 5.74. The summed E-state index contributed by atoms with van der Waals surface area (Å²) in [5.74, 6) is -0.970. The molecule has 4 nitrogen and oxygen atoms in total. The van der Waals surface area contributed by atoms with Crippen LogP contribution in [0.4, 0.5) is 17.6 Å². The van der Waals surface area contributed by atoms with Gasteiger partial charge in [0.05, 0.1) is 26.0 Å². The maximum atomic E-state index is 12.6. The van der Waals surface area contributed by atoms with Crippen LogP contribution in [0.25, 0.3) is 12.2 Å². The van der Waals surface area contributed by atoms with Gasteiger partial charge in [-0.1, -0.05) is 24.3 Å². The molecule has 0 saturated carbocycles. The lowest BCUT2D eigenvalue weighted by atomic mass is 10.0. The van der Waals surface area contributed by atoms with Gasteiger partial charge < -0.3 is 14.6 Å². The van der Waals surface area contributed by atoms with Crippen LogP contribution in [-0.4, -0.2) is 31.5 Å². The number of carbonyl (C=O) groups excluding carboxylic acids is 1. The first kappa shape index (κ1) is 21.3. The predicted octanol–water partition coefficient (Wildman–Crippen LogP) is 5.11. The van der Waals surface area contributed by atoms with Crippen molar-refractivity contribution in [1.29, 1.82) is 0 Å². The number of halogens is 4. The van der Waals surface area contributed by atoms with Gasteiger partial charge in [-0.3, -0.25) is 4.39 Å². The number of carbonyl (C=O) groups is 1. The van der Waals surface area contributed by atoms with E-state index in [0.717, 1.165) is 19.2 Å². The Bertz CT molecular complexity index is 843. The van der Waals surface area contributed by atoms with Crippen LogP contribution in [0.5, 0.6) is 11.5 Å². The van der Waals surface area contributed by atoms with Crippen LogP contribution in [0.15, 0.2) is 36.4 Å². The molecule has 0 heterocycles. The van der Waals surface area contributed by atoms with Crippen LogP contribution in [0, 0.1) is 0 Å². The van der Waals surface area contributed by atoms with E-state index in [-0.39, 0.29) is 29.9 Å². The number of hydrogen-bond acceptors (Lipinski definition) is 4. The molecule has 0 saturated heterocycles. The van der Waals surface area contributed by atoms with E-state index in [1.807, 2.05) is 0 Å². The molecule has 0 fully saturated rings. The highest BCUT2D eigenvalue weighted by Crippen LogP contribution is 2.31. The zero-order valence-corrected chi connectivity index (χ0v) is 14.9. The van der Waals surface area contributed by atoms with Gasteiger partial charge in [0.1, 0.15) is 17.1 Å². The van der Waals surface area contributed by atoms with Crippen molar-refractivity contribution >= 4 is 18.1 Å². The summed E-state index contributed by atoms with van der Waals surface area (Å²) in [6, 6.07) is 7.09. The molecule has 0 unspecified atom stereocenters. The summed E-state index contributed by atoms with van der Waals surface area (Å²) >= 11 is 0. The minimum atomic E-state index is -4.43. The van der Waals surface area contributed by atoms with E-state index in [1.165, 1.54) is 36.4 Å². The molecule has 0 aromatic heterocycles. The second kappa shape index (κ2) is 9.25. The molecule has 2 rings (SSSR count). The van der Waals surface area contributed by atoms with E-state index in [1.54, 1.807) is 0 Å². The Morgan fingerprint density at radius 2 is 1.82 bits per heavy atom. The Morgan fingerprint density at radius 3 is 2.39 bits per heavy atom. The third-order valence-electron chi connectivity index (χ3n) is 3.75. The molecular weight excluding hydrogens is 380 g/mol. The number of rotatable bonds is 7. The molecule has 0 radical (unpaired) electrons. The molecule has 0 amide bonds. The van der Waals surface area contributed by atoms with Crippen LogP contribution in [0.3, 0.4) is 0 Å². The molecule has 0 aliphatic carbocycles. The van der Waals surface area contributed by atoms with Crippen molar-refractivity contribution in [1.82, 2.24) is 0 Å².